The molecule has 0 nitrogen and oxygen atoms in total. The summed E-state index contributed by atoms with van der Waals surface area (Å²) in [7, 11) is 0. The minimum atomic E-state index is 0.655. The third-order valence-corrected chi connectivity index (χ3v) is 2.03. The molecule has 54 valence electrons. The van der Waals surface area contributed by atoms with Gasteiger partial charge in [-0.25, -0.2) is 0 Å². The van der Waals surface area contributed by atoms with Gasteiger partial charge in [0.25, 0.3) is 0 Å². The highest BCUT2D eigenvalue weighted by molar-refractivity contribution is 7.10. The van der Waals surface area contributed by atoms with E-state index < -0.39 is 0 Å². The number of thiophene rings is 1. The predicted molar refractivity (Wildman–Crippen MR) is 48.2 cm³/mol. The van der Waals surface area contributed by atoms with Gasteiger partial charge in [-0.1, -0.05) is 26.0 Å². The fourth-order valence-electron chi connectivity index (χ4n) is 0.673. The van der Waals surface area contributed by atoms with E-state index in [1.807, 2.05) is 0 Å². The van der Waals surface area contributed by atoms with Crippen LogP contribution < -0.4 is 0 Å². The van der Waals surface area contributed by atoms with Gasteiger partial charge in [0.05, 0.1) is 0 Å². The van der Waals surface area contributed by atoms with Gasteiger partial charge in [0.15, 0.2) is 0 Å². The molecule has 1 aromatic rings. The third-order valence-electron chi connectivity index (χ3n) is 1.19. The fourth-order valence-corrected chi connectivity index (χ4v) is 1.30. The zero-order valence-corrected chi connectivity index (χ0v) is 7.19. The molecule has 0 fully saturated rings. The van der Waals surface area contributed by atoms with E-state index in [-0.39, 0.29) is 0 Å². The van der Waals surface area contributed by atoms with E-state index in [1.54, 1.807) is 11.3 Å². The van der Waals surface area contributed by atoms with Crippen molar-refractivity contribution in [2.75, 3.05) is 0 Å². The molecule has 0 saturated carbocycles. The van der Waals surface area contributed by atoms with Gasteiger partial charge in [-0.3, -0.25) is 0 Å². The molecule has 1 aromatic heterocycles. The molecule has 0 aliphatic carbocycles. The summed E-state index contributed by atoms with van der Waals surface area (Å²) >= 11 is 1.78. The van der Waals surface area contributed by atoms with E-state index in [4.69, 9.17) is 0 Å². The summed E-state index contributed by atoms with van der Waals surface area (Å²) in [5.74, 6) is 0.655. The van der Waals surface area contributed by atoms with Crippen LogP contribution in [-0.2, 0) is 0 Å². The molecule has 1 rings (SSSR count). The normalized spacial score (nSPS) is 11.5. The second-order valence-corrected chi connectivity index (χ2v) is 3.60. The molecule has 0 saturated heterocycles. The molecule has 1 heteroatoms. The first kappa shape index (κ1) is 7.55. The first-order valence-corrected chi connectivity index (χ1v) is 4.38. The number of rotatable bonds is 2. The lowest BCUT2D eigenvalue weighted by molar-refractivity contribution is 0.836. The van der Waals surface area contributed by atoms with Crippen molar-refractivity contribution in [3.8, 4) is 0 Å². The van der Waals surface area contributed by atoms with E-state index >= 15 is 0 Å². The second-order valence-electron chi connectivity index (χ2n) is 2.62. The Morgan fingerprint density at radius 3 is 2.80 bits per heavy atom. The van der Waals surface area contributed by atoms with Gasteiger partial charge in [-0.05, 0) is 23.4 Å². The molecule has 0 spiro atoms. The van der Waals surface area contributed by atoms with Gasteiger partial charge in [0.1, 0.15) is 0 Å². The van der Waals surface area contributed by atoms with E-state index in [9.17, 15) is 0 Å². The maximum atomic E-state index is 2.21. The summed E-state index contributed by atoms with van der Waals surface area (Å²) in [5.41, 5.74) is 0. The lowest BCUT2D eigenvalue weighted by Crippen LogP contribution is -1.74. The van der Waals surface area contributed by atoms with E-state index in [0.29, 0.717) is 5.92 Å². The predicted octanol–water partition coefficient (Wildman–Crippen LogP) is 3.42. The Labute approximate surface area is 66.2 Å². The highest BCUT2D eigenvalue weighted by Gasteiger charge is 1.86. The molecule has 1 heterocycles. The largest absolute Gasteiger partial charge is 0.144 e. The topological polar surface area (TPSA) is 0 Å². The Hall–Kier alpha value is -0.560. The van der Waals surface area contributed by atoms with Crippen LogP contribution in [0.25, 0.3) is 6.08 Å². The minimum absolute atomic E-state index is 0.655. The lowest BCUT2D eigenvalue weighted by Gasteiger charge is -1.90. The zero-order chi connectivity index (χ0) is 7.40. The van der Waals surface area contributed by atoms with Crippen molar-refractivity contribution in [1.82, 2.24) is 0 Å². The first-order valence-electron chi connectivity index (χ1n) is 3.51. The van der Waals surface area contributed by atoms with E-state index in [2.05, 4.69) is 43.5 Å². The SMILES string of the molecule is CC(C)/C=C/c1cccs1. The van der Waals surface area contributed by atoms with Crippen LogP contribution in [0.5, 0.6) is 0 Å². The second kappa shape index (κ2) is 3.57. The fraction of sp³-hybridized carbons (Fsp3) is 0.333. The molecule has 0 amide bonds. The molecule has 0 aromatic carbocycles. The van der Waals surface area contributed by atoms with Crippen LogP contribution in [0, 0.1) is 5.92 Å². The Morgan fingerprint density at radius 2 is 2.30 bits per heavy atom. The number of hydrogen-bond acceptors (Lipinski definition) is 1. The Balaban J connectivity index is 2.55. The molecule has 10 heavy (non-hydrogen) atoms. The van der Waals surface area contributed by atoms with E-state index in [0.717, 1.165) is 0 Å². The van der Waals surface area contributed by atoms with Gasteiger partial charge in [0.2, 0.25) is 0 Å². The van der Waals surface area contributed by atoms with Crippen LogP contribution in [0.15, 0.2) is 23.6 Å². The summed E-state index contributed by atoms with van der Waals surface area (Å²) in [4.78, 5) is 1.34. The smallest absolute Gasteiger partial charge is 0.0267 e. The monoisotopic (exact) mass is 152 g/mol. The van der Waals surface area contributed by atoms with Crippen LogP contribution in [-0.4, -0.2) is 0 Å². The van der Waals surface area contributed by atoms with Gasteiger partial charge < -0.3 is 0 Å². The van der Waals surface area contributed by atoms with Gasteiger partial charge in [-0.15, -0.1) is 11.3 Å². The van der Waals surface area contributed by atoms with Gasteiger partial charge in [-0.2, -0.15) is 0 Å². The molecular weight excluding hydrogens is 140 g/mol. The molecule has 0 radical (unpaired) electrons. The summed E-state index contributed by atoms with van der Waals surface area (Å²) in [6.45, 7) is 4.37. The molecule has 0 aliphatic heterocycles. The van der Waals surface area contributed by atoms with Crippen molar-refractivity contribution in [2.45, 2.75) is 13.8 Å². The number of allylic oxidation sites excluding steroid dienone is 1. The molecule has 0 unspecified atom stereocenters. The molecule has 0 N–H and O–H groups in total. The highest BCUT2D eigenvalue weighted by atomic mass is 32.1. The average molecular weight is 152 g/mol. The van der Waals surface area contributed by atoms with Crippen LogP contribution >= 0.6 is 11.3 Å². The summed E-state index contributed by atoms with van der Waals surface area (Å²) in [6, 6.07) is 4.20. The van der Waals surface area contributed by atoms with Gasteiger partial charge >= 0.3 is 0 Å². The van der Waals surface area contributed by atoms with Gasteiger partial charge in [0, 0.05) is 4.88 Å². The molecule has 0 bridgehead atoms. The zero-order valence-electron chi connectivity index (χ0n) is 6.37. The molecule has 0 aliphatic rings. The van der Waals surface area contributed by atoms with Crippen LogP contribution in [0.4, 0.5) is 0 Å². The molecular formula is C9H12S. The Kier molecular flexibility index (Phi) is 2.69. The lowest BCUT2D eigenvalue weighted by atomic mass is 10.2. The maximum absolute atomic E-state index is 2.21. The van der Waals surface area contributed by atoms with Crippen molar-refractivity contribution in [3.05, 3.63) is 28.5 Å². The molecule has 0 atom stereocenters. The quantitative estimate of drug-likeness (QED) is 0.609. The van der Waals surface area contributed by atoms with Crippen molar-refractivity contribution >= 4 is 17.4 Å². The van der Waals surface area contributed by atoms with Crippen molar-refractivity contribution in [1.29, 1.82) is 0 Å². The standard InChI is InChI=1S/C9H12S/c1-8(2)5-6-9-4-3-7-10-9/h3-8H,1-2H3/b6-5+. The van der Waals surface area contributed by atoms with Crippen molar-refractivity contribution < 1.29 is 0 Å². The maximum Gasteiger partial charge on any atom is 0.0267 e. The van der Waals surface area contributed by atoms with Crippen molar-refractivity contribution in [3.63, 3.8) is 0 Å². The Bertz CT molecular complexity index is 195. The van der Waals surface area contributed by atoms with Crippen molar-refractivity contribution in [2.24, 2.45) is 5.92 Å². The minimum Gasteiger partial charge on any atom is -0.144 e. The van der Waals surface area contributed by atoms with Crippen LogP contribution in [0.1, 0.15) is 18.7 Å². The van der Waals surface area contributed by atoms with Crippen LogP contribution in [0.3, 0.4) is 0 Å². The number of hydrogen-bond donors (Lipinski definition) is 0. The average Bonchev–Trinajstić information content (AvgIpc) is 2.34. The summed E-state index contributed by atoms with van der Waals surface area (Å²) in [6.07, 6.45) is 4.39. The third kappa shape index (κ3) is 2.36. The van der Waals surface area contributed by atoms with Crippen LogP contribution in [0.2, 0.25) is 0 Å². The Morgan fingerprint density at radius 1 is 1.50 bits per heavy atom. The van der Waals surface area contributed by atoms with E-state index in [1.165, 1.54) is 4.88 Å². The summed E-state index contributed by atoms with van der Waals surface area (Å²) in [5, 5.41) is 2.10. The summed E-state index contributed by atoms with van der Waals surface area (Å²) < 4.78 is 0. The highest BCUT2D eigenvalue weighted by Crippen LogP contribution is 2.11. The first-order chi connectivity index (χ1) is 4.79.